The number of alkyl halides is 3. The lowest BCUT2D eigenvalue weighted by atomic mass is 10.3. The van der Waals surface area contributed by atoms with Crippen LogP contribution in [-0.4, -0.2) is 21.5 Å². The predicted molar refractivity (Wildman–Crippen MR) is 55.7 cm³/mol. The summed E-state index contributed by atoms with van der Waals surface area (Å²) in [5.74, 6) is -1.59. The maximum Gasteiger partial charge on any atom is 0.471 e. The zero-order chi connectivity index (χ0) is 12.6. The van der Waals surface area contributed by atoms with Gasteiger partial charge in [-0.2, -0.15) is 13.2 Å². The third-order valence-electron chi connectivity index (χ3n) is 2.18. The zero-order valence-corrected chi connectivity index (χ0v) is 9.47. The van der Waals surface area contributed by atoms with Gasteiger partial charge in [-0.3, -0.25) is 9.20 Å². The van der Waals surface area contributed by atoms with Crippen LogP contribution in [0.2, 0.25) is 0 Å². The number of halogens is 3. The third-order valence-corrected chi connectivity index (χ3v) is 2.98. The summed E-state index contributed by atoms with van der Waals surface area (Å²) in [6.07, 6.45) is -1.63. The topological polar surface area (TPSA) is 46.4 Å². The predicted octanol–water partition coefficient (Wildman–Crippen LogP) is 2.14. The summed E-state index contributed by atoms with van der Waals surface area (Å²) in [7, 11) is 0. The van der Waals surface area contributed by atoms with Gasteiger partial charge in [-0.05, 0) is 6.92 Å². The SMILES string of the molecule is CC(NC(=O)C(F)(F)F)c1ncc2sccn12. The molecule has 0 aliphatic rings. The summed E-state index contributed by atoms with van der Waals surface area (Å²) in [5, 5.41) is 3.65. The Kier molecular flexibility index (Phi) is 2.82. The van der Waals surface area contributed by atoms with E-state index in [0.717, 1.165) is 4.83 Å². The molecule has 92 valence electrons. The molecule has 1 unspecified atom stereocenters. The molecule has 1 amide bonds. The summed E-state index contributed by atoms with van der Waals surface area (Å²) >= 11 is 1.42. The first-order chi connectivity index (χ1) is 7.89. The van der Waals surface area contributed by atoms with Crippen molar-refractivity contribution in [3.05, 3.63) is 23.6 Å². The first-order valence-corrected chi connectivity index (χ1v) is 5.55. The lowest BCUT2D eigenvalue weighted by molar-refractivity contribution is -0.174. The van der Waals surface area contributed by atoms with Crippen LogP contribution in [0.1, 0.15) is 18.8 Å². The van der Waals surface area contributed by atoms with Crippen LogP contribution in [0, 0.1) is 0 Å². The molecule has 0 aromatic carbocycles. The molecule has 0 radical (unpaired) electrons. The number of carbonyl (C=O) groups excluding carboxylic acids is 1. The maximum atomic E-state index is 12.1. The standard InChI is InChI=1S/C9H8F3N3OS/c1-5(14-8(16)9(10,11)12)7-13-4-6-15(7)2-3-17-6/h2-5H,1H3,(H,14,16). The largest absolute Gasteiger partial charge is 0.471 e. The number of hydrogen-bond donors (Lipinski definition) is 1. The number of imidazole rings is 1. The Labute approximate surface area is 98.1 Å². The van der Waals surface area contributed by atoms with E-state index in [4.69, 9.17) is 0 Å². The Balaban J connectivity index is 2.19. The van der Waals surface area contributed by atoms with Crippen LogP contribution in [0.15, 0.2) is 17.8 Å². The molecule has 0 saturated heterocycles. The minimum atomic E-state index is -4.88. The number of carbonyl (C=O) groups is 1. The lowest BCUT2D eigenvalue weighted by Gasteiger charge is -2.13. The van der Waals surface area contributed by atoms with Gasteiger partial charge in [-0.15, -0.1) is 11.3 Å². The second-order valence-corrected chi connectivity index (χ2v) is 4.35. The van der Waals surface area contributed by atoms with Crippen LogP contribution in [-0.2, 0) is 4.79 Å². The molecule has 0 bridgehead atoms. The molecule has 4 nitrogen and oxygen atoms in total. The minimum absolute atomic E-state index is 0.374. The van der Waals surface area contributed by atoms with Gasteiger partial charge in [-0.25, -0.2) is 4.98 Å². The highest BCUT2D eigenvalue weighted by Gasteiger charge is 2.39. The average Bonchev–Trinajstić information content (AvgIpc) is 2.75. The van der Waals surface area contributed by atoms with E-state index < -0.39 is 18.1 Å². The minimum Gasteiger partial charge on any atom is -0.339 e. The molecule has 0 spiro atoms. The van der Waals surface area contributed by atoms with Crippen molar-refractivity contribution < 1.29 is 18.0 Å². The molecule has 17 heavy (non-hydrogen) atoms. The summed E-state index contributed by atoms with van der Waals surface area (Å²) in [6.45, 7) is 1.45. The smallest absolute Gasteiger partial charge is 0.339 e. The molecule has 2 aromatic heterocycles. The first-order valence-electron chi connectivity index (χ1n) is 4.67. The zero-order valence-electron chi connectivity index (χ0n) is 8.65. The summed E-state index contributed by atoms with van der Waals surface area (Å²) in [4.78, 5) is 15.6. The molecule has 8 heteroatoms. The molecule has 2 aromatic rings. The average molecular weight is 263 g/mol. The van der Waals surface area contributed by atoms with Gasteiger partial charge in [0.1, 0.15) is 10.7 Å². The molecular formula is C9H8F3N3OS. The molecule has 0 fully saturated rings. The van der Waals surface area contributed by atoms with E-state index in [9.17, 15) is 18.0 Å². The van der Waals surface area contributed by atoms with Gasteiger partial charge < -0.3 is 5.32 Å². The summed E-state index contributed by atoms with van der Waals surface area (Å²) in [6, 6.07) is -0.804. The van der Waals surface area contributed by atoms with Crippen LogP contribution >= 0.6 is 11.3 Å². The molecule has 1 N–H and O–H groups in total. The van der Waals surface area contributed by atoms with Gasteiger partial charge in [0.2, 0.25) is 0 Å². The highest BCUT2D eigenvalue weighted by atomic mass is 32.1. The fourth-order valence-electron chi connectivity index (χ4n) is 1.42. The van der Waals surface area contributed by atoms with E-state index in [1.807, 2.05) is 5.32 Å². The van der Waals surface area contributed by atoms with Crippen molar-refractivity contribution in [3.63, 3.8) is 0 Å². The molecule has 0 saturated carbocycles. The normalized spacial score (nSPS) is 13.9. The van der Waals surface area contributed by atoms with Gasteiger partial charge in [0, 0.05) is 11.6 Å². The molecule has 1 atom stereocenters. The van der Waals surface area contributed by atoms with Gasteiger partial charge in [-0.1, -0.05) is 0 Å². The molecule has 0 aliphatic heterocycles. The van der Waals surface area contributed by atoms with Crippen molar-refractivity contribution in [3.8, 4) is 0 Å². The van der Waals surface area contributed by atoms with Crippen LogP contribution in [0.4, 0.5) is 13.2 Å². The molecular weight excluding hydrogens is 255 g/mol. The van der Waals surface area contributed by atoms with E-state index in [2.05, 4.69) is 4.98 Å². The Morgan fingerprint density at radius 1 is 1.59 bits per heavy atom. The Morgan fingerprint density at radius 2 is 2.29 bits per heavy atom. The van der Waals surface area contributed by atoms with Crippen LogP contribution < -0.4 is 5.32 Å². The van der Waals surface area contributed by atoms with Crippen molar-refractivity contribution in [1.82, 2.24) is 14.7 Å². The van der Waals surface area contributed by atoms with Gasteiger partial charge in [0.15, 0.2) is 0 Å². The fraction of sp³-hybridized carbons (Fsp3) is 0.333. The van der Waals surface area contributed by atoms with Crippen molar-refractivity contribution in [1.29, 1.82) is 0 Å². The van der Waals surface area contributed by atoms with Gasteiger partial charge >= 0.3 is 12.1 Å². The van der Waals surface area contributed by atoms with Gasteiger partial charge in [0.25, 0.3) is 0 Å². The van der Waals surface area contributed by atoms with E-state index in [0.29, 0.717) is 5.82 Å². The van der Waals surface area contributed by atoms with E-state index in [1.54, 1.807) is 22.2 Å². The third kappa shape index (κ3) is 2.26. The van der Waals surface area contributed by atoms with E-state index in [-0.39, 0.29) is 0 Å². The Hall–Kier alpha value is -1.57. The number of fused-ring (bicyclic) bond motifs is 1. The van der Waals surface area contributed by atoms with Gasteiger partial charge in [0.05, 0.1) is 12.2 Å². The second-order valence-electron chi connectivity index (χ2n) is 3.42. The summed E-state index contributed by atoms with van der Waals surface area (Å²) in [5.41, 5.74) is 0. The van der Waals surface area contributed by atoms with E-state index >= 15 is 0 Å². The van der Waals surface area contributed by atoms with Crippen molar-refractivity contribution in [2.24, 2.45) is 0 Å². The number of hydrogen-bond acceptors (Lipinski definition) is 3. The van der Waals surface area contributed by atoms with E-state index in [1.165, 1.54) is 18.3 Å². The van der Waals surface area contributed by atoms with Crippen molar-refractivity contribution >= 4 is 22.1 Å². The molecule has 0 aliphatic carbocycles. The molecule has 2 heterocycles. The first kappa shape index (κ1) is 11.9. The number of nitrogens with zero attached hydrogens (tertiary/aromatic N) is 2. The Bertz CT molecular complexity index is 545. The highest BCUT2D eigenvalue weighted by molar-refractivity contribution is 7.15. The number of rotatable bonds is 2. The van der Waals surface area contributed by atoms with Crippen molar-refractivity contribution in [2.45, 2.75) is 19.1 Å². The summed E-state index contributed by atoms with van der Waals surface area (Å²) < 4.78 is 37.8. The number of nitrogens with one attached hydrogen (secondary N) is 1. The number of amides is 1. The maximum absolute atomic E-state index is 12.1. The number of thiazole rings is 1. The van der Waals surface area contributed by atoms with Crippen LogP contribution in [0.25, 0.3) is 4.83 Å². The van der Waals surface area contributed by atoms with Crippen LogP contribution in [0.3, 0.4) is 0 Å². The second kappa shape index (κ2) is 4.02. The molecule has 2 rings (SSSR count). The highest BCUT2D eigenvalue weighted by Crippen LogP contribution is 2.20. The quantitative estimate of drug-likeness (QED) is 0.902. The Morgan fingerprint density at radius 3 is 2.94 bits per heavy atom. The number of aromatic nitrogens is 2. The van der Waals surface area contributed by atoms with Crippen molar-refractivity contribution in [2.75, 3.05) is 0 Å². The fourth-order valence-corrected chi connectivity index (χ4v) is 2.12. The monoisotopic (exact) mass is 263 g/mol. The van der Waals surface area contributed by atoms with Crippen LogP contribution in [0.5, 0.6) is 0 Å². The lowest BCUT2D eigenvalue weighted by Crippen LogP contribution is -2.38.